The van der Waals surface area contributed by atoms with Gasteiger partial charge in [-0.25, -0.2) is 8.78 Å². The lowest BCUT2D eigenvalue weighted by atomic mass is 10.0. The van der Waals surface area contributed by atoms with E-state index in [4.69, 9.17) is 16.3 Å². The number of ether oxygens (including phenoxy) is 1. The highest BCUT2D eigenvalue weighted by molar-refractivity contribution is 7.98. The zero-order valence-corrected chi connectivity index (χ0v) is 14.3. The van der Waals surface area contributed by atoms with Crippen molar-refractivity contribution in [3.8, 4) is 17.0 Å². The van der Waals surface area contributed by atoms with E-state index in [1.165, 1.54) is 6.07 Å². The molecule has 0 fully saturated rings. The van der Waals surface area contributed by atoms with Crippen LogP contribution < -0.4 is 10.3 Å². The monoisotopic (exact) mass is 359 g/mol. The molecule has 0 unspecified atom stereocenters. The fourth-order valence-corrected chi connectivity index (χ4v) is 2.67. The van der Waals surface area contributed by atoms with Crippen molar-refractivity contribution in [1.82, 2.24) is 4.57 Å². The predicted octanol–water partition coefficient (Wildman–Crippen LogP) is 4.44. The maximum atomic E-state index is 12.8. The number of rotatable bonds is 6. The third kappa shape index (κ3) is 4.26. The summed E-state index contributed by atoms with van der Waals surface area (Å²) in [6.07, 6.45) is -0.716. The van der Waals surface area contributed by atoms with Gasteiger partial charge in [0, 0.05) is 5.56 Å². The molecule has 0 saturated carbocycles. The summed E-state index contributed by atoms with van der Waals surface area (Å²) in [6, 6.07) is 8.34. The Morgan fingerprint density at radius 2 is 2.04 bits per heavy atom. The molecule has 0 amide bonds. The van der Waals surface area contributed by atoms with E-state index in [0.717, 1.165) is 10.1 Å². The zero-order chi connectivity index (χ0) is 17.0. The fraction of sp³-hybridized carbons (Fsp3) is 0.312. The Kier molecular flexibility index (Phi) is 6.07. The molecule has 124 valence electrons. The molecule has 0 spiro atoms. The number of nitrogens with zero attached hydrogens (tertiary/aromatic N) is 1. The summed E-state index contributed by atoms with van der Waals surface area (Å²) in [5.41, 5.74) is 1.31. The number of halogens is 3. The van der Waals surface area contributed by atoms with Crippen LogP contribution in [-0.4, -0.2) is 23.2 Å². The lowest BCUT2D eigenvalue weighted by molar-refractivity contribution is 0.126. The summed E-state index contributed by atoms with van der Waals surface area (Å²) in [6.45, 7) is 1.14. The second-order valence-corrected chi connectivity index (χ2v) is 6.12. The third-order valence-electron chi connectivity index (χ3n) is 3.27. The van der Waals surface area contributed by atoms with Gasteiger partial charge < -0.3 is 9.30 Å². The molecule has 2 aromatic rings. The maximum Gasteiger partial charge on any atom is 0.269 e. The lowest BCUT2D eigenvalue weighted by Crippen LogP contribution is -2.25. The Hall–Kier alpha value is -1.53. The molecular formula is C16H16ClF2NO2S. The van der Waals surface area contributed by atoms with Gasteiger partial charge >= 0.3 is 0 Å². The molecule has 3 nitrogen and oxygen atoms in total. The smallest absolute Gasteiger partial charge is 0.269 e. The Bertz CT molecular complexity index is 749. The van der Waals surface area contributed by atoms with Crippen LogP contribution in [0.4, 0.5) is 8.78 Å². The number of alkyl halides is 2. The average molecular weight is 360 g/mol. The SMILES string of the molecule is CSCOc1ccc(-c2ccc(Cl)c(=O)n2CC(F)F)c(C)c1. The Morgan fingerprint density at radius 1 is 1.30 bits per heavy atom. The molecule has 23 heavy (non-hydrogen) atoms. The van der Waals surface area contributed by atoms with Crippen molar-refractivity contribution in [1.29, 1.82) is 0 Å². The van der Waals surface area contributed by atoms with Crippen molar-refractivity contribution in [2.45, 2.75) is 19.9 Å². The Morgan fingerprint density at radius 3 is 2.65 bits per heavy atom. The summed E-state index contributed by atoms with van der Waals surface area (Å²) in [4.78, 5) is 12.1. The third-order valence-corrected chi connectivity index (χ3v) is 3.91. The quantitative estimate of drug-likeness (QED) is 0.714. The number of pyridine rings is 1. The first-order chi connectivity index (χ1) is 10.9. The largest absolute Gasteiger partial charge is 0.483 e. The first-order valence-corrected chi connectivity index (χ1v) is 8.61. The highest BCUT2D eigenvalue weighted by atomic mass is 35.5. The summed E-state index contributed by atoms with van der Waals surface area (Å²) in [5.74, 6) is 1.22. The molecule has 0 aliphatic heterocycles. The average Bonchev–Trinajstić information content (AvgIpc) is 2.50. The zero-order valence-electron chi connectivity index (χ0n) is 12.7. The molecule has 0 bridgehead atoms. The first kappa shape index (κ1) is 17.8. The van der Waals surface area contributed by atoms with Crippen molar-refractivity contribution < 1.29 is 13.5 Å². The number of benzene rings is 1. The molecule has 0 atom stereocenters. The highest BCUT2D eigenvalue weighted by Crippen LogP contribution is 2.27. The molecule has 7 heteroatoms. The van der Waals surface area contributed by atoms with Gasteiger partial charge in [-0.2, -0.15) is 0 Å². The van der Waals surface area contributed by atoms with E-state index in [2.05, 4.69) is 0 Å². The van der Waals surface area contributed by atoms with Crippen LogP contribution in [-0.2, 0) is 6.54 Å². The minimum Gasteiger partial charge on any atom is -0.483 e. The van der Waals surface area contributed by atoms with E-state index in [1.807, 2.05) is 19.2 Å². The minimum absolute atomic E-state index is 0.0769. The van der Waals surface area contributed by atoms with Gasteiger partial charge in [0.25, 0.3) is 12.0 Å². The second kappa shape index (κ2) is 7.84. The molecule has 0 radical (unpaired) electrons. The Balaban J connectivity index is 2.49. The highest BCUT2D eigenvalue weighted by Gasteiger charge is 2.15. The van der Waals surface area contributed by atoms with Gasteiger partial charge in [-0.05, 0) is 49.1 Å². The van der Waals surface area contributed by atoms with Crippen LogP contribution in [0.15, 0.2) is 35.1 Å². The summed E-state index contributed by atoms with van der Waals surface area (Å²) in [5, 5.41) is -0.0769. The van der Waals surface area contributed by atoms with Crippen LogP contribution in [0.25, 0.3) is 11.3 Å². The van der Waals surface area contributed by atoms with Crippen LogP contribution >= 0.6 is 23.4 Å². The van der Waals surface area contributed by atoms with E-state index < -0.39 is 18.5 Å². The van der Waals surface area contributed by atoms with E-state index in [0.29, 0.717) is 22.9 Å². The second-order valence-electron chi connectivity index (χ2n) is 4.90. The van der Waals surface area contributed by atoms with Gasteiger partial charge in [-0.3, -0.25) is 4.79 Å². The van der Waals surface area contributed by atoms with Crippen LogP contribution in [0, 0.1) is 6.92 Å². The van der Waals surface area contributed by atoms with E-state index in [1.54, 1.807) is 30.0 Å². The standard InChI is InChI=1S/C16H16ClF2NO2S/c1-10-7-11(22-9-23-2)3-4-12(10)14-6-5-13(17)16(21)20(14)8-15(18)19/h3-7,15H,8-9H2,1-2H3. The van der Waals surface area contributed by atoms with Crippen molar-refractivity contribution in [3.05, 3.63) is 51.3 Å². The molecule has 1 aromatic carbocycles. The number of aromatic nitrogens is 1. The van der Waals surface area contributed by atoms with Gasteiger partial charge in [0.1, 0.15) is 16.7 Å². The van der Waals surface area contributed by atoms with Gasteiger partial charge in [0.2, 0.25) is 0 Å². The molecule has 2 rings (SSSR count). The first-order valence-electron chi connectivity index (χ1n) is 6.84. The van der Waals surface area contributed by atoms with Crippen molar-refractivity contribution in [2.75, 3.05) is 12.2 Å². The van der Waals surface area contributed by atoms with E-state index in [9.17, 15) is 13.6 Å². The van der Waals surface area contributed by atoms with E-state index >= 15 is 0 Å². The molecule has 0 saturated heterocycles. The summed E-state index contributed by atoms with van der Waals surface area (Å²) in [7, 11) is 0. The Labute approximate surface area is 142 Å². The predicted molar refractivity (Wildman–Crippen MR) is 90.9 cm³/mol. The van der Waals surface area contributed by atoms with Gasteiger partial charge in [0.05, 0.1) is 12.2 Å². The van der Waals surface area contributed by atoms with Crippen molar-refractivity contribution in [3.63, 3.8) is 0 Å². The normalized spacial score (nSPS) is 11.0. The van der Waals surface area contributed by atoms with Crippen LogP contribution in [0.2, 0.25) is 5.02 Å². The number of aryl methyl sites for hydroxylation is 1. The summed E-state index contributed by atoms with van der Waals surface area (Å²) < 4.78 is 32.1. The number of hydrogen-bond acceptors (Lipinski definition) is 3. The van der Waals surface area contributed by atoms with Crippen LogP contribution in [0.3, 0.4) is 0 Å². The minimum atomic E-state index is -2.64. The molecule has 0 N–H and O–H groups in total. The van der Waals surface area contributed by atoms with Gasteiger partial charge in [-0.1, -0.05) is 11.6 Å². The van der Waals surface area contributed by atoms with Crippen molar-refractivity contribution >= 4 is 23.4 Å². The molecule has 0 aliphatic rings. The summed E-state index contributed by atoms with van der Waals surface area (Å²) >= 11 is 7.33. The van der Waals surface area contributed by atoms with Crippen LogP contribution in [0.1, 0.15) is 5.56 Å². The molecule has 1 aromatic heterocycles. The molecule has 1 heterocycles. The topological polar surface area (TPSA) is 31.2 Å². The van der Waals surface area contributed by atoms with Crippen LogP contribution in [0.5, 0.6) is 5.75 Å². The van der Waals surface area contributed by atoms with Crippen molar-refractivity contribution in [2.24, 2.45) is 0 Å². The molecule has 0 aliphatic carbocycles. The van der Waals surface area contributed by atoms with E-state index in [-0.39, 0.29) is 5.02 Å². The molecular weight excluding hydrogens is 344 g/mol. The maximum absolute atomic E-state index is 12.8. The fourth-order valence-electron chi connectivity index (χ4n) is 2.25. The number of thioether (sulfide) groups is 1. The van der Waals surface area contributed by atoms with Gasteiger partial charge in [0.15, 0.2) is 0 Å². The number of hydrogen-bond donors (Lipinski definition) is 0. The lowest BCUT2D eigenvalue weighted by Gasteiger charge is -2.16. The van der Waals surface area contributed by atoms with Gasteiger partial charge in [-0.15, -0.1) is 11.8 Å².